The van der Waals surface area contributed by atoms with Crippen molar-refractivity contribution in [3.8, 4) is 5.69 Å². The third kappa shape index (κ3) is 7.50. The Bertz CT molecular complexity index is 2060. The number of hydrogen-bond acceptors (Lipinski definition) is 5. The number of fused-ring (bicyclic) bond motifs is 1. The summed E-state index contributed by atoms with van der Waals surface area (Å²) in [6, 6.07) is 28.9. The van der Waals surface area contributed by atoms with E-state index >= 15 is 0 Å². The van der Waals surface area contributed by atoms with Gasteiger partial charge in [0.25, 0.3) is 0 Å². The van der Waals surface area contributed by atoms with Gasteiger partial charge in [-0.2, -0.15) is 9.40 Å². The number of carbonyl (C=O) groups is 1. The average Bonchev–Trinajstić information content (AvgIpc) is 3.50. The van der Waals surface area contributed by atoms with Gasteiger partial charge in [0.2, 0.25) is 10.0 Å². The van der Waals surface area contributed by atoms with Crippen LogP contribution in [0.4, 0.5) is 22.0 Å². The zero-order valence-electron chi connectivity index (χ0n) is 29.2. The number of aryl methyl sites for hydroxylation is 1. The fourth-order valence-electron chi connectivity index (χ4n) is 6.43. The highest BCUT2D eigenvalue weighted by atomic mass is 32.2. The second-order valence-electron chi connectivity index (χ2n) is 14.3. The van der Waals surface area contributed by atoms with E-state index in [1.165, 1.54) is 0 Å². The number of hydrogen-bond donors (Lipinski definition) is 2. The molecule has 10 heteroatoms. The van der Waals surface area contributed by atoms with Crippen LogP contribution in [0.15, 0.2) is 95.9 Å². The molecule has 5 aromatic rings. The van der Waals surface area contributed by atoms with Gasteiger partial charge < -0.3 is 10.2 Å². The number of carbonyl (C=O) groups excluding carboxylic acids is 1. The van der Waals surface area contributed by atoms with Crippen LogP contribution in [0, 0.1) is 12.8 Å². The van der Waals surface area contributed by atoms with Gasteiger partial charge in [0.05, 0.1) is 16.3 Å². The lowest BCUT2D eigenvalue weighted by molar-refractivity contribution is 0.262. The van der Waals surface area contributed by atoms with Crippen LogP contribution < -0.4 is 15.5 Å². The van der Waals surface area contributed by atoms with E-state index in [0.29, 0.717) is 35.4 Å². The Balaban J connectivity index is 1.06. The third-order valence-electron chi connectivity index (χ3n) is 9.27. The van der Waals surface area contributed by atoms with Crippen LogP contribution in [0.5, 0.6) is 0 Å². The summed E-state index contributed by atoms with van der Waals surface area (Å²) in [5, 5.41) is 12.4. The standard InChI is InChI=1S/C39H46N6O3S/c1-27-13-19-31(20-14-27)45-37(26-36(42-45)39(2,3)4)41-38(46)40-30-17-15-28(16-18-30)25-29-21-23-44(24-22-29)49(47,48)35-12-8-9-32-33(35)10-7-11-34(32)43(5)6/h7-20,26,29H,21-25H2,1-6H3,(H2,40,41,46). The summed E-state index contributed by atoms with van der Waals surface area (Å²) in [4.78, 5) is 15.5. The molecule has 1 fully saturated rings. The summed E-state index contributed by atoms with van der Waals surface area (Å²) in [6.07, 6.45) is 2.44. The number of anilines is 3. The monoisotopic (exact) mass is 678 g/mol. The summed E-state index contributed by atoms with van der Waals surface area (Å²) < 4.78 is 31.0. The Kier molecular flexibility index (Phi) is 9.55. The first kappa shape index (κ1) is 34.2. The minimum Gasteiger partial charge on any atom is -0.377 e. The second kappa shape index (κ2) is 13.7. The number of rotatable bonds is 8. The molecule has 9 nitrogen and oxygen atoms in total. The van der Waals surface area contributed by atoms with Crippen LogP contribution in [-0.4, -0.2) is 55.7 Å². The highest BCUT2D eigenvalue weighted by Gasteiger charge is 2.31. The Morgan fingerprint density at radius 3 is 2.18 bits per heavy atom. The fourth-order valence-corrected chi connectivity index (χ4v) is 8.10. The van der Waals surface area contributed by atoms with Gasteiger partial charge in [-0.1, -0.05) is 74.9 Å². The highest BCUT2D eigenvalue weighted by molar-refractivity contribution is 7.89. The lowest BCUT2D eigenvalue weighted by atomic mass is 9.91. The SMILES string of the molecule is Cc1ccc(-n2nc(C(C)(C)C)cc2NC(=O)Nc2ccc(CC3CCN(S(=O)(=O)c4cccc5c(N(C)C)cccc45)CC3)cc2)cc1. The Morgan fingerprint density at radius 1 is 0.878 bits per heavy atom. The molecule has 6 rings (SSSR count). The van der Waals surface area contributed by atoms with Gasteiger partial charge in [0.1, 0.15) is 5.82 Å². The molecule has 0 bridgehead atoms. The Morgan fingerprint density at radius 2 is 1.53 bits per heavy atom. The Labute approximate surface area is 290 Å². The number of amides is 2. The van der Waals surface area contributed by atoms with Crippen LogP contribution in [0.3, 0.4) is 0 Å². The van der Waals surface area contributed by atoms with E-state index in [2.05, 4.69) is 31.4 Å². The van der Waals surface area contributed by atoms with Crippen molar-refractivity contribution in [1.82, 2.24) is 14.1 Å². The number of sulfonamides is 1. The maximum Gasteiger partial charge on any atom is 0.324 e. The van der Waals surface area contributed by atoms with Crippen LogP contribution in [-0.2, 0) is 21.9 Å². The summed E-state index contributed by atoms with van der Waals surface area (Å²) in [5.41, 5.74) is 5.56. The van der Waals surface area contributed by atoms with Crippen LogP contribution in [0.25, 0.3) is 16.5 Å². The van der Waals surface area contributed by atoms with Gasteiger partial charge >= 0.3 is 6.03 Å². The summed E-state index contributed by atoms with van der Waals surface area (Å²) in [6.45, 7) is 9.31. The van der Waals surface area contributed by atoms with E-state index in [9.17, 15) is 13.2 Å². The molecule has 2 heterocycles. The fraction of sp³-hybridized carbons (Fsp3) is 0.333. The van der Waals surface area contributed by atoms with E-state index in [0.717, 1.165) is 58.2 Å². The highest BCUT2D eigenvalue weighted by Crippen LogP contribution is 2.34. The van der Waals surface area contributed by atoms with E-state index < -0.39 is 10.0 Å². The molecule has 2 amide bonds. The first-order valence-electron chi connectivity index (χ1n) is 16.8. The molecule has 0 unspecified atom stereocenters. The summed E-state index contributed by atoms with van der Waals surface area (Å²) in [7, 11) is 0.304. The van der Waals surface area contributed by atoms with Gasteiger partial charge in [-0.15, -0.1) is 0 Å². The summed E-state index contributed by atoms with van der Waals surface area (Å²) >= 11 is 0. The summed E-state index contributed by atoms with van der Waals surface area (Å²) in [5.74, 6) is 0.968. The van der Waals surface area contributed by atoms with Crippen molar-refractivity contribution in [3.63, 3.8) is 0 Å². The molecule has 0 atom stereocenters. The van der Waals surface area contributed by atoms with Gasteiger partial charge in [-0.3, -0.25) is 5.32 Å². The lowest BCUT2D eigenvalue weighted by Crippen LogP contribution is -2.39. The molecule has 1 aromatic heterocycles. The third-order valence-corrected chi connectivity index (χ3v) is 11.2. The zero-order valence-corrected chi connectivity index (χ0v) is 30.0. The Hall–Kier alpha value is -4.67. The van der Waals surface area contributed by atoms with Crippen molar-refractivity contribution < 1.29 is 13.2 Å². The topological polar surface area (TPSA) is 99.6 Å². The molecule has 0 saturated carbocycles. The zero-order chi connectivity index (χ0) is 34.9. The smallest absolute Gasteiger partial charge is 0.324 e. The largest absolute Gasteiger partial charge is 0.377 e. The normalized spacial score (nSPS) is 14.6. The molecule has 256 valence electrons. The van der Waals surface area contributed by atoms with Gasteiger partial charge in [0, 0.05) is 60.8 Å². The molecule has 0 spiro atoms. The predicted molar refractivity (Wildman–Crippen MR) is 200 cm³/mol. The van der Waals surface area contributed by atoms with Crippen LogP contribution in [0.2, 0.25) is 0 Å². The van der Waals surface area contributed by atoms with Crippen molar-refractivity contribution >= 4 is 44.0 Å². The predicted octanol–water partition coefficient (Wildman–Crippen LogP) is 7.98. The maximum atomic E-state index is 13.8. The van der Waals surface area contributed by atoms with E-state index in [-0.39, 0.29) is 11.4 Å². The van der Waals surface area contributed by atoms with Crippen molar-refractivity contribution in [2.75, 3.05) is 42.7 Å². The number of nitrogens with one attached hydrogen (secondary N) is 2. The molecule has 0 aliphatic carbocycles. The second-order valence-corrected chi connectivity index (χ2v) is 16.2. The van der Waals surface area contributed by atoms with Crippen molar-refractivity contribution in [3.05, 3.63) is 108 Å². The molecule has 1 saturated heterocycles. The minimum atomic E-state index is -3.63. The van der Waals surface area contributed by atoms with Gasteiger partial charge in [0.15, 0.2) is 0 Å². The van der Waals surface area contributed by atoms with Crippen LogP contribution in [0.1, 0.15) is 50.4 Å². The number of nitrogens with zero attached hydrogens (tertiary/aromatic N) is 4. The number of urea groups is 1. The molecule has 4 aromatic carbocycles. The molecular weight excluding hydrogens is 633 g/mol. The molecule has 1 aliphatic heterocycles. The lowest BCUT2D eigenvalue weighted by Gasteiger charge is -2.31. The average molecular weight is 679 g/mol. The van der Waals surface area contributed by atoms with E-state index in [1.807, 2.05) is 111 Å². The van der Waals surface area contributed by atoms with E-state index in [1.54, 1.807) is 15.1 Å². The quantitative estimate of drug-likeness (QED) is 0.173. The first-order valence-corrected chi connectivity index (χ1v) is 18.3. The van der Waals surface area contributed by atoms with Gasteiger partial charge in [-0.05, 0) is 74.1 Å². The van der Waals surface area contributed by atoms with Crippen LogP contribution >= 0.6 is 0 Å². The van der Waals surface area contributed by atoms with Gasteiger partial charge in [-0.25, -0.2) is 17.9 Å². The molecular formula is C39H46N6O3S. The molecule has 1 aliphatic rings. The number of piperidine rings is 1. The maximum absolute atomic E-state index is 13.8. The molecule has 49 heavy (non-hydrogen) atoms. The number of benzene rings is 4. The minimum absolute atomic E-state index is 0.184. The first-order chi connectivity index (χ1) is 23.3. The van der Waals surface area contributed by atoms with Crippen molar-refractivity contribution in [2.45, 2.75) is 57.3 Å². The van der Waals surface area contributed by atoms with E-state index in [4.69, 9.17) is 5.10 Å². The van der Waals surface area contributed by atoms with Crippen molar-refractivity contribution in [2.24, 2.45) is 5.92 Å². The van der Waals surface area contributed by atoms with Crippen molar-refractivity contribution in [1.29, 1.82) is 0 Å². The number of aromatic nitrogens is 2. The molecule has 0 radical (unpaired) electrons. The molecule has 2 N–H and O–H groups in total.